The maximum Gasteiger partial charge on any atom is 0.434 e. The van der Waals surface area contributed by atoms with Crippen LogP contribution in [0, 0.1) is 5.82 Å². The van der Waals surface area contributed by atoms with E-state index in [9.17, 15) is 17.6 Å². The highest BCUT2D eigenvalue weighted by Crippen LogP contribution is 2.38. The van der Waals surface area contributed by atoms with Gasteiger partial charge in [-0.15, -0.1) is 0 Å². The molecule has 0 spiro atoms. The van der Waals surface area contributed by atoms with Gasteiger partial charge in [0.2, 0.25) is 0 Å². The van der Waals surface area contributed by atoms with Gasteiger partial charge in [-0.25, -0.2) is 9.37 Å². The van der Waals surface area contributed by atoms with Crippen molar-refractivity contribution in [2.24, 2.45) is 0 Å². The summed E-state index contributed by atoms with van der Waals surface area (Å²) < 4.78 is 59.8. The minimum Gasteiger partial charge on any atom is -0.496 e. The molecule has 8 heteroatoms. The average Bonchev–Trinajstić information content (AvgIpc) is 2.91. The van der Waals surface area contributed by atoms with Gasteiger partial charge in [-0.05, 0) is 31.5 Å². The average molecular weight is 395 g/mol. The van der Waals surface area contributed by atoms with Crippen LogP contribution in [0.4, 0.5) is 17.6 Å². The van der Waals surface area contributed by atoms with E-state index in [0.717, 1.165) is 6.20 Å². The van der Waals surface area contributed by atoms with Crippen LogP contribution in [-0.4, -0.2) is 16.7 Å². The molecular formula is C15H15BrF4N2O. The summed E-state index contributed by atoms with van der Waals surface area (Å²) in [6.07, 6.45) is -3.72. The minimum atomic E-state index is -4.60. The number of methoxy groups -OCH3 is 1. The van der Waals surface area contributed by atoms with Crippen LogP contribution in [0.3, 0.4) is 0 Å². The van der Waals surface area contributed by atoms with E-state index < -0.39 is 17.7 Å². The smallest absolute Gasteiger partial charge is 0.434 e. The van der Waals surface area contributed by atoms with Crippen LogP contribution in [0.2, 0.25) is 0 Å². The molecular weight excluding hydrogens is 380 g/mol. The predicted molar refractivity (Wildman–Crippen MR) is 82.2 cm³/mol. The van der Waals surface area contributed by atoms with Gasteiger partial charge in [-0.1, -0.05) is 15.9 Å². The van der Waals surface area contributed by atoms with Crippen molar-refractivity contribution in [1.29, 1.82) is 0 Å². The predicted octanol–water partition coefficient (Wildman–Crippen LogP) is 5.19. The Kier molecular flexibility index (Phi) is 5.03. The third kappa shape index (κ3) is 3.52. The summed E-state index contributed by atoms with van der Waals surface area (Å²) >= 11 is 3.21. The summed E-state index contributed by atoms with van der Waals surface area (Å²) in [6.45, 7) is 3.39. The Hall–Kier alpha value is -1.57. The number of nitrogens with zero attached hydrogens (tertiary/aromatic N) is 2. The van der Waals surface area contributed by atoms with Crippen molar-refractivity contribution in [3.63, 3.8) is 0 Å². The highest BCUT2D eigenvalue weighted by molar-refractivity contribution is 9.08. The number of halogens is 5. The second-order valence-electron chi connectivity index (χ2n) is 5.24. The van der Waals surface area contributed by atoms with Crippen molar-refractivity contribution in [3.05, 3.63) is 35.4 Å². The van der Waals surface area contributed by atoms with Crippen molar-refractivity contribution in [2.75, 3.05) is 7.11 Å². The van der Waals surface area contributed by atoms with Crippen molar-refractivity contribution >= 4 is 15.9 Å². The van der Waals surface area contributed by atoms with Gasteiger partial charge < -0.3 is 9.30 Å². The first-order valence-corrected chi connectivity index (χ1v) is 7.90. The molecule has 0 bridgehead atoms. The van der Waals surface area contributed by atoms with E-state index in [4.69, 9.17) is 4.74 Å². The largest absolute Gasteiger partial charge is 0.496 e. The first-order chi connectivity index (χ1) is 10.7. The lowest BCUT2D eigenvalue weighted by Gasteiger charge is -2.15. The Balaban J connectivity index is 2.73. The zero-order chi connectivity index (χ0) is 17.4. The van der Waals surface area contributed by atoms with E-state index >= 15 is 0 Å². The molecule has 2 rings (SSSR count). The fraction of sp³-hybridized carbons (Fsp3) is 0.400. The van der Waals surface area contributed by atoms with Crippen molar-refractivity contribution in [1.82, 2.24) is 9.55 Å². The molecule has 2 aromatic rings. The number of benzene rings is 1. The van der Waals surface area contributed by atoms with Crippen LogP contribution in [0.25, 0.3) is 11.4 Å². The van der Waals surface area contributed by atoms with Crippen LogP contribution in [-0.2, 0) is 11.5 Å². The zero-order valence-corrected chi connectivity index (χ0v) is 14.3. The van der Waals surface area contributed by atoms with Crippen molar-refractivity contribution in [3.8, 4) is 17.1 Å². The molecule has 1 aromatic carbocycles. The summed E-state index contributed by atoms with van der Waals surface area (Å²) in [5, 5.41) is 0.396. The van der Waals surface area contributed by atoms with Crippen LogP contribution in [0.5, 0.6) is 5.75 Å². The molecule has 3 nitrogen and oxygen atoms in total. The van der Waals surface area contributed by atoms with Gasteiger partial charge in [0.15, 0.2) is 5.69 Å². The summed E-state index contributed by atoms with van der Waals surface area (Å²) in [5.74, 6) is -0.650. The van der Waals surface area contributed by atoms with Gasteiger partial charge in [-0.2, -0.15) is 13.2 Å². The van der Waals surface area contributed by atoms with Crippen molar-refractivity contribution < 1.29 is 22.3 Å². The Morgan fingerprint density at radius 1 is 1.30 bits per heavy atom. The Morgan fingerprint density at radius 3 is 2.43 bits per heavy atom. The van der Waals surface area contributed by atoms with Gasteiger partial charge in [0.1, 0.15) is 17.4 Å². The van der Waals surface area contributed by atoms with Gasteiger partial charge >= 0.3 is 6.18 Å². The fourth-order valence-electron chi connectivity index (χ4n) is 2.20. The van der Waals surface area contributed by atoms with Gasteiger partial charge in [0.25, 0.3) is 0 Å². The minimum absolute atomic E-state index is 0.0820. The van der Waals surface area contributed by atoms with E-state index in [0.29, 0.717) is 10.9 Å². The highest BCUT2D eigenvalue weighted by Gasteiger charge is 2.36. The zero-order valence-electron chi connectivity index (χ0n) is 12.7. The molecule has 1 aromatic heterocycles. The molecule has 0 amide bonds. The molecule has 0 aliphatic carbocycles. The van der Waals surface area contributed by atoms with Gasteiger partial charge in [0, 0.05) is 17.6 Å². The lowest BCUT2D eigenvalue weighted by molar-refractivity contribution is -0.140. The standard InChI is InChI=1S/C15H15BrF4N2O/c1-8(2)22-7-12(15(18,19)20)21-14(22)13-10(17)4-9(6-16)5-11(13)23-3/h4-5,7-8H,6H2,1-3H3. The lowest BCUT2D eigenvalue weighted by atomic mass is 10.1. The molecule has 0 radical (unpaired) electrons. The first kappa shape index (κ1) is 17.8. The number of hydrogen-bond donors (Lipinski definition) is 0. The molecule has 0 aliphatic heterocycles. The summed E-state index contributed by atoms with van der Waals surface area (Å²) in [7, 11) is 1.34. The van der Waals surface area contributed by atoms with E-state index in [2.05, 4.69) is 20.9 Å². The van der Waals surface area contributed by atoms with Gasteiger partial charge in [0.05, 0.1) is 12.7 Å². The number of aromatic nitrogens is 2. The number of imidazole rings is 1. The summed E-state index contributed by atoms with van der Waals surface area (Å²) in [5.41, 5.74) is -0.532. The molecule has 1 heterocycles. The van der Waals surface area contributed by atoms with E-state index in [1.165, 1.54) is 17.7 Å². The molecule has 23 heavy (non-hydrogen) atoms. The maximum atomic E-state index is 14.5. The Morgan fingerprint density at radius 2 is 1.96 bits per heavy atom. The molecule has 0 unspecified atom stereocenters. The number of ether oxygens (including phenoxy) is 1. The van der Waals surface area contributed by atoms with Gasteiger partial charge in [-0.3, -0.25) is 0 Å². The summed E-state index contributed by atoms with van der Waals surface area (Å²) in [4.78, 5) is 3.60. The number of rotatable bonds is 4. The van der Waals surface area contributed by atoms with Crippen molar-refractivity contribution in [2.45, 2.75) is 31.4 Å². The number of alkyl halides is 4. The second kappa shape index (κ2) is 6.51. The van der Waals surface area contributed by atoms with Crippen LogP contribution in [0.15, 0.2) is 18.3 Å². The SMILES string of the molecule is COc1cc(CBr)cc(F)c1-c1nc(C(F)(F)F)cn1C(C)C. The first-order valence-electron chi connectivity index (χ1n) is 6.77. The number of hydrogen-bond acceptors (Lipinski definition) is 2. The van der Waals surface area contributed by atoms with E-state index in [1.807, 2.05) is 0 Å². The quantitative estimate of drug-likeness (QED) is 0.526. The molecule has 0 atom stereocenters. The van der Waals surface area contributed by atoms with Crippen LogP contribution < -0.4 is 4.74 Å². The van der Waals surface area contributed by atoms with Crippen LogP contribution in [0.1, 0.15) is 31.1 Å². The molecule has 0 saturated carbocycles. The molecule has 0 fully saturated rings. The maximum absolute atomic E-state index is 14.5. The molecule has 0 aliphatic rings. The lowest BCUT2D eigenvalue weighted by Crippen LogP contribution is -2.05. The topological polar surface area (TPSA) is 27.1 Å². The molecule has 0 saturated heterocycles. The third-order valence-electron chi connectivity index (χ3n) is 3.29. The monoisotopic (exact) mass is 394 g/mol. The third-order valence-corrected chi connectivity index (χ3v) is 3.94. The fourth-order valence-corrected chi connectivity index (χ4v) is 2.52. The Labute approximate surface area is 139 Å². The summed E-state index contributed by atoms with van der Waals surface area (Å²) in [6, 6.07) is 2.49. The second-order valence-corrected chi connectivity index (χ2v) is 5.80. The Bertz CT molecular complexity index is 710. The van der Waals surface area contributed by atoms with Crippen LogP contribution >= 0.6 is 15.9 Å². The highest BCUT2D eigenvalue weighted by atomic mass is 79.9. The normalized spacial score (nSPS) is 12.0. The molecule has 0 N–H and O–H groups in total. The van der Waals surface area contributed by atoms with E-state index in [-0.39, 0.29) is 23.2 Å². The van der Waals surface area contributed by atoms with E-state index in [1.54, 1.807) is 19.9 Å². The molecule has 126 valence electrons.